The van der Waals surface area contributed by atoms with E-state index in [0.717, 1.165) is 111 Å². The van der Waals surface area contributed by atoms with E-state index in [1.807, 2.05) is 11.6 Å². The highest BCUT2D eigenvalue weighted by molar-refractivity contribution is 5.72. The number of likely N-dealkylation sites (tertiary alicyclic amines) is 1. The molecule has 2 aliphatic heterocycles. The maximum atomic E-state index is 12.9. The Kier molecular flexibility index (Phi) is 12.2. The molecule has 0 bridgehead atoms. The van der Waals surface area contributed by atoms with E-state index in [0.29, 0.717) is 18.8 Å². The van der Waals surface area contributed by atoms with Gasteiger partial charge in [-0.3, -0.25) is 9.59 Å². The summed E-state index contributed by atoms with van der Waals surface area (Å²) in [6.07, 6.45) is 9.58. The van der Waals surface area contributed by atoms with Crippen LogP contribution in [0, 0.1) is 19.8 Å². The molecule has 4 aromatic rings. The Labute approximate surface area is 302 Å². The lowest BCUT2D eigenvalue weighted by Crippen LogP contribution is -2.28. The van der Waals surface area contributed by atoms with Crippen molar-refractivity contribution in [2.24, 2.45) is 5.92 Å². The molecule has 9 heteroatoms. The molecule has 2 atom stereocenters. The normalized spacial score (nSPS) is 16.4. The Balaban J connectivity index is 1.19. The van der Waals surface area contributed by atoms with Crippen LogP contribution in [-0.2, 0) is 33.6 Å². The van der Waals surface area contributed by atoms with Crippen molar-refractivity contribution >= 4 is 17.8 Å². The molecule has 4 heterocycles. The Morgan fingerprint density at radius 1 is 1.00 bits per heavy atom. The van der Waals surface area contributed by atoms with E-state index in [4.69, 9.17) is 19.9 Å². The van der Waals surface area contributed by atoms with Crippen molar-refractivity contribution in [2.75, 3.05) is 38.6 Å². The smallest absolute Gasteiger partial charge is 0.306 e. The summed E-state index contributed by atoms with van der Waals surface area (Å²) in [5.74, 6) is 0.702. The minimum atomic E-state index is -0.730. The minimum Gasteiger partial charge on any atom is -0.481 e. The molecule has 1 fully saturated rings. The maximum Gasteiger partial charge on any atom is 0.306 e. The van der Waals surface area contributed by atoms with E-state index in [2.05, 4.69) is 77.8 Å². The molecular formula is C42H53N5O4. The van der Waals surface area contributed by atoms with Gasteiger partial charge in [-0.05, 0) is 130 Å². The maximum absolute atomic E-state index is 12.9. The second-order valence-corrected chi connectivity index (χ2v) is 14.6. The number of anilines is 1. The molecule has 0 saturated carbocycles. The highest BCUT2D eigenvalue weighted by Gasteiger charge is 2.28. The van der Waals surface area contributed by atoms with Gasteiger partial charge < -0.3 is 20.1 Å². The zero-order valence-corrected chi connectivity index (χ0v) is 30.5. The largest absolute Gasteiger partial charge is 0.481 e. The molecule has 1 saturated heterocycles. The fraction of sp³-hybridized carbons (Fsp3) is 0.476. The van der Waals surface area contributed by atoms with Gasteiger partial charge in [-0.25, -0.2) is 9.67 Å². The number of nitrogens with zero attached hydrogens (tertiary/aromatic N) is 4. The number of aromatic nitrogens is 3. The first kappa shape index (κ1) is 36.3. The average Bonchev–Trinajstić information content (AvgIpc) is 3.74. The van der Waals surface area contributed by atoms with Crippen molar-refractivity contribution in [3.8, 4) is 16.8 Å². The first-order valence-corrected chi connectivity index (χ1v) is 18.8. The van der Waals surface area contributed by atoms with Gasteiger partial charge >= 0.3 is 11.9 Å². The van der Waals surface area contributed by atoms with E-state index in [9.17, 15) is 9.59 Å². The molecule has 2 aliphatic rings. The lowest BCUT2D eigenvalue weighted by atomic mass is 9.91. The van der Waals surface area contributed by atoms with Gasteiger partial charge in [0.2, 0.25) is 0 Å². The predicted molar refractivity (Wildman–Crippen MR) is 202 cm³/mol. The number of rotatable bonds is 16. The lowest BCUT2D eigenvalue weighted by molar-refractivity contribution is -0.141. The van der Waals surface area contributed by atoms with Crippen molar-refractivity contribution in [1.29, 1.82) is 0 Å². The van der Waals surface area contributed by atoms with Crippen LogP contribution in [0.2, 0.25) is 0 Å². The van der Waals surface area contributed by atoms with E-state index in [1.165, 1.54) is 30.4 Å². The molecule has 270 valence electrons. The Morgan fingerprint density at radius 3 is 2.61 bits per heavy atom. The second-order valence-electron chi connectivity index (χ2n) is 14.6. The number of methoxy groups -OCH3 is 1. The molecule has 0 aliphatic carbocycles. The number of carboxylic acids is 1. The number of carboxylic acid groups (broad SMARTS) is 1. The van der Waals surface area contributed by atoms with Gasteiger partial charge in [-0.2, -0.15) is 5.10 Å². The van der Waals surface area contributed by atoms with Gasteiger partial charge in [0.1, 0.15) is 5.82 Å². The number of ether oxygens (including phenoxy) is 1. The van der Waals surface area contributed by atoms with Crippen LogP contribution in [0.3, 0.4) is 0 Å². The van der Waals surface area contributed by atoms with Crippen LogP contribution in [0.5, 0.6) is 0 Å². The zero-order valence-electron chi connectivity index (χ0n) is 30.5. The number of fused-ring (bicyclic) bond motifs is 1. The third-order valence-corrected chi connectivity index (χ3v) is 10.6. The van der Waals surface area contributed by atoms with Crippen LogP contribution in [0.15, 0.2) is 60.7 Å². The van der Waals surface area contributed by atoms with Crippen LogP contribution in [0.25, 0.3) is 16.8 Å². The SMILES string of the molecule is COC(=O)CC(CN1CCC(CCc2ccc3c(n2)NCCC3)C1)c1cc(-c2ccc(CCCCCC(=O)O)cc2)cc(-n2nc(C)cc2C)c1. The molecule has 0 radical (unpaired) electrons. The van der Waals surface area contributed by atoms with Gasteiger partial charge in [0.25, 0.3) is 0 Å². The standard InChI is InChI=1S/C42H53N5O4/c1-29-22-30(2)47(45-29)39-24-35(33-14-11-31(12-15-33)8-5-4-6-10-40(48)49)23-36(25-39)37(26-41(50)51-3)28-46-21-19-32(27-46)13-17-38-18-16-34-9-7-20-43-42(34)44-38/h11-12,14-16,18,22-25,32,37H,4-10,13,17,19-21,26-28H2,1-3H3,(H,43,44)(H,48,49). The number of hydrogen-bond acceptors (Lipinski definition) is 7. The van der Waals surface area contributed by atoms with E-state index in [-0.39, 0.29) is 18.3 Å². The van der Waals surface area contributed by atoms with Gasteiger partial charge in [-0.15, -0.1) is 0 Å². The van der Waals surface area contributed by atoms with E-state index >= 15 is 0 Å². The molecule has 0 spiro atoms. The number of aryl methyl sites for hydroxylation is 5. The summed E-state index contributed by atoms with van der Waals surface area (Å²) >= 11 is 0. The summed E-state index contributed by atoms with van der Waals surface area (Å²) in [5, 5.41) is 17.2. The number of benzene rings is 2. The van der Waals surface area contributed by atoms with Crippen molar-refractivity contribution in [2.45, 2.75) is 90.4 Å². The first-order valence-electron chi connectivity index (χ1n) is 18.8. The quantitative estimate of drug-likeness (QED) is 0.0909. The van der Waals surface area contributed by atoms with Gasteiger partial charge in [-0.1, -0.05) is 42.8 Å². The van der Waals surface area contributed by atoms with E-state index < -0.39 is 5.97 Å². The van der Waals surface area contributed by atoms with Crippen molar-refractivity contribution in [3.05, 3.63) is 94.4 Å². The fourth-order valence-electron chi connectivity index (χ4n) is 7.75. The Bertz CT molecular complexity index is 1800. The minimum absolute atomic E-state index is 0.0367. The highest BCUT2D eigenvalue weighted by Crippen LogP contribution is 2.33. The third kappa shape index (κ3) is 9.85. The predicted octanol–water partition coefficient (Wildman–Crippen LogP) is 7.70. The zero-order chi connectivity index (χ0) is 35.7. The third-order valence-electron chi connectivity index (χ3n) is 10.6. The number of nitrogens with one attached hydrogen (secondary N) is 1. The fourth-order valence-corrected chi connectivity index (χ4v) is 7.75. The highest BCUT2D eigenvalue weighted by atomic mass is 16.5. The number of carbonyl (C=O) groups excluding carboxylic acids is 1. The summed E-state index contributed by atoms with van der Waals surface area (Å²) < 4.78 is 7.22. The first-order chi connectivity index (χ1) is 24.7. The van der Waals surface area contributed by atoms with Crippen LogP contribution in [0.4, 0.5) is 5.82 Å². The summed E-state index contributed by atoms with van der Waals surface area (Å²) in [5.41, 5.74) is 10.1. The van der Waals surface area contributed by atoms with E-state index in [1.54, 1.807) is 0 Å². The number of unbranched alkanes of at least 4 members (excludes halogenated alkanes) is 2. The van der Waals surface area contributed by atoms with Gasteiger partial charge in [0.15, 0.2) is 0 Å². The molecule has 2 aromatic heterocycles. The van der Waals surface area contributed by atoms with Crippen LogP contribution in [-0.4, -0.2) is 70.0 Å². The van der Waals surface area contributed by atoms with Crippen molar-refractivity contribution in [3.63, 3.8) is 0 Å². The molecule has 2 aromatic carbocycles. The van der Waals surface area contributed by atoms with Crippen LogP contribution >= 0.6 is 0 Å². The molecule has 2 unspecified atom stereocenters. The Hall–Kier alpha value is -4.50. The summed E-state index contributed by atoms with van der Waals surface area (Å²) in [4.78, 5) is 31.2. The monoisotopic (exact) mass is 691 g/mol. The summed E-state index contributed by atoms with van der Waals surface area (Å²) in [7, 11) is 1.47. The summed E-state index contributed by atoms with van der Waals surface area (Å²) in [6, 6.07) is 21.9. The molecule has 51 heavy (non-hydrogen) atoms. The van der Waals surface area contributed by atoms with Crippen molar-refractivity contribution in [1.82, 2.24) is 19.7 Å². The van der Waals surface area contributed by atoms with Crippen LogP contribution in [0.1, 0.15) is 91.1 Å². The molecule has 0 amide bonds. The number of pyridine rings is 1. The number of esters is 1. The topological polar surface area (TPSA) is 110 Å². The number of hydrogen-bond donors (Lipinski definition) is 2. The molecular weight excluding hydrogens is 638 g/mol. The molecule has 9 nitrogen and oxygen atoms in total. The van der Waals surface area contributed by atoms with Gasteiger partial charge in [0, 0.05) is 43.4 Å². The average molecular weight is 692 g/mol. The number of carbonyl (C=O) groups is 2. The molecule has 6 rings (SSSR count). The Morgan fingerprint density at radius 2 is 1.84 bits per heavy atom. The second kappa shape index (κ2) is 17.1. The number of aliphatic carboxylic acids is 1. The van der Waals surface area contributed by atoms with Crippen LogP contribution < -0.4 is 5.32 Å². The van der Waals surface area contributed by atoms with Crippen molar-refractivity contribution < 1.29 is 19.4 Å². The van der Waals surface area contributed by atoms with Gasteiger partial charge in [0.05, 0.1) is 24.9 Å². The summed E-state index contributed by atoms with van der Waals surface area (Å²) in [6.45, 7) is 7.91. The lowest BCUT2D eigenvalue weighted by Gasteiger charge is -2.25. The molecule has 2 N–H and O–H groups in total.